The van der Waals surface area contributed by atoms with Gasteiger partial charge in [-0.2, -0.15) is 0 Å². The lowest BCUT2D eigenvalue weighted by atomic mass is 10.6. The van der Waals surface area contributed by atoms with E-state index in [9.17, 15) is 0 Å². The highest BCUT2D eigenvalue weighted by molar-refractivity contribution is 6.69. The number of hydrogen-bond acceptors (Lipinski definition) is 3. The molecule has 0 spiro atoms. The Morgan fingerprint density at radius 2 is 1.69 bits per heavy atom. The monoisotopic (exact) mass is 205 g/mol. The zero-order valence-corrected chi connectivity index (χ0v) is 10.3. The Labute approximate surface area is 82.5 Å². The van der Waals surface area contributed by atoms with Crippen molar-refractivity contribution in [1.82, 2.24) is 0 Å². The lowest BCUT2D eigenvalue weighted by molar-refractivity contribution is -0.0313. The molecule has 79 valence electrons. The van der Waals surface area contributed by atoms with Crippen molar-refractivity contribution >= 4 is 8.32 Å². The molecule has 0 fully saturated rings. The molecule has 0 aromatic carbocycles. The summed E-state index contributed by atoms with van der Waals surface area (Å²) >= 11 is 0. The molecule has 0 saturated heterocycles. The van der Waals surface area contributed by atoms with E-state index < -0.39 is 8.32 Å². The Balaban J connectivity index is 3.79. The molecule has 0 aliphatic heterocycles. The lowest BCUT2D eigenvalue weighted by Crippen LogP contribution is -2.31. The SMILES string of the molecule is CCOC[C](OCC)O[Si](C)(C)C. The summed E-state index contributed by atoms with van der Waals surface area (Å²) in [6.45, 7) is 12.0. The van der Waals surface area contributed by atoms with Gasteiger partial charge in [-0.25, -0.2) is 0 Å². The van der Waals surface area contributed by atoms with Gasteiger partial charge in [0.15, 0.2) is 8.32 Å². The van der Waals surface area contributed by atoms with Crippen LogP contribution >= 0.6 is 0 Å². The summed E-state index contributed by atoms with van der Waals surface area (Å²) in [4.78, 5) is 0. The summed E-state index contributed by atoms with van der Waals surface area (Å²) in [5.74, 6) is 0. The first-order chi connectivity index (χ1) is 5.99. The molecule has 0 aliphatic rings. The second-order valence-electron chi connectivity index (χ2n) is 3.66. The van der Waals surface area contributed by atoms with Gasteiger partial charge in [-0.05, 0) is 33.5 Å². The van der Waals surface area contributed by atoms with E-state index >= 15 is 0 Å². The van der Waals surface area contributed by atoms with Crippen molar-refractivity contribution in [3.63, 3.8) is 0 Å². The molecule has 0 unspecified atom stereocenters. The average molecular weight is 205 g/mol. The first-order valence-corrected chi connectivity index (χ1v) is 8.15. The first-order valence-electron chi connectivity index (χ1n) is 4.75. The molecule has 0 rings (SSSR count). The quantitative estimate of drug-likeness (QED) is 0.597. The highest BCUT2D eigenvalue weighted by atomic mass is 28.4. The van der Waals surface area contributed by atoms with Crippen LogP contribution in [0.25, 0.3) is 0 Å². The third-order valence-corrected chi connectivity index (χ3v) is 1.99. The molecule has 1 radical (unpaired) electrons. The van der Waals surface area contributed by atoms with Gasteiger partial charge in [-0.1, -0.05) is 0 Å². The van der Waals surface area contributed by atoms with Gasteiger partial charge in [0.05, 0.1) is 0 Å². The molecule has 0 atom stereocenters. The van der Waals surface area contributed by atoms with Gasteiger partial charge in [0.2, 0.25) is 6.29 Å². The summed E-state index contributed by atoms with van der Waals surface area (Å²) in [6, 6.07) is 0. The third kappa shape index (κ3) is 8.43. The molecule has 0 saturated carbocycles. The van der Waals surface area contributed by atoms with Crippen LogP contribution in [0.3, 0.4) is 0 Å². The Morgan fingerprint density at radius 3 is 2.08 bits per heavy atom. The zero-order valence-electron chi connectivity index (χ0n) is 9.35. The van der Waals surface area contributed by atoms with E-state index in [1.165, 1.54) is 0 Å². The van der Waals surface area contributed by atoms with E-state index in [0.717, 1.165) is 0 Å². The molecular formula is C9H21O3Si. The second-order valence-corrected chi connectivity index (χ2v) is 8.09. The fourth-order valence-electron chi connectivity index (χ4n) is 0.788. The molecular weight excluding hydrogens is 184 g/mol. The smallest absolute Gasteiger partial charge is 0.240 e. The van der Waals surface area contributed by atoms with Crippen molar-refractivity contribution in [1.29, 1.82) is 0 Å². The van der Waals surface area contributed by atoms with E-state index in [2.05, 4.69) is 19.6 Å². The Morgan fingerprint density at radius 1 is 1.08 bits per heavy atom. The Hall–Kier alpha value is 0.0969. The van der Waals surface area contributed by atoms with Gasteiger partial charge in [0.1, 0.15) is 6.61 Å². The van der Waals surface area contributed by atoms with Crippen molar-refractivity contribution in [2.75, 3.05) is 19.8 Å². The van der Waals surface area contributed by atoms with Crippen molar-refractivity contribution in [2.45, 2.75) is 33.5 Å². The summed E-state index contributed by atoms with van der Waals surface area (Å²) in [7, 11) is -1.55. The van der Waals surface area contributed by atoms with Crippen LogP contribution in [-0.2, 0) is 13.9 Å². The molecule has 0 aromatic rings. The van der Waals surface area contributed by atoms with E-state index in [4.69, 9.17) is 13.9 Å². The predicted octanol–water partition coefficient (Wildman–Crippen LogP) is 2.40. The van der Waals surface area contributed by atoms with Gasteiger partial charge < -0.3 is 13.9 Å². The number of ether oxygens (including phenoxy) is 2. The molecule has 13 heavy (non-hydrogen) atoms. The van der Waals surface area contributed by atoms with E-state index in [1.807, 2.05) is 13.8 Å². The van der Waals surface area contributed by atoms with Gasteiger partial charge in [0.25, 0.3) is 0 Å². The number of hydrogen-bond donors (Lipinski definition) is 0. The first kappa shape index (κ1) is 13.1. The second kappa shape index (κ2) is 6.54. The molecule has 0 aliphatic carbocycles. The van der Waals surface area contributed by atoms with Crippen LogP contribution < -0.4 is 0 Å². The van der Waals surface area contributed by atoms with Crippen LogP contribution in [0.1, 0.15) is 13.8 Å². The van der Waals surface area contributed by atoms with E-state index in [1.54, 1.807) is 0 Å². The van der Waals surface area contributed by atoms with E-state index in [-0.39, 0.29) is 0 Å². The van der Waals surface area contributed by atoms with Gasteiger partial charge in [-0.15, -0.1) is 0 Å². The zero-order chi connectivity index (χ0) is 10.3. The van der Waals surface area contributed by atoms with Crippen LogP contribution in [0.5, 0.6) is 0 Å². The highest BCUT2D eigenvalue weighted by Gasteiger charge is 2.22. The number of rotatable bonds is 7. The minimum atomic E-state index is -1.55. The topological polar surface area (TPSA) is 27.7 Å². The molecule has 0 heterocycles. The third-order valence-electron chi connectivity index (χ3n) is 1.15. The minimum absolute atomic E-state index is 0.453. The van der Waals surface area contributed by atoms with Crippen LogP contribution in [-0.4, -0.2) is 28.1 Å². The molecule has 0 N–H and O–H groups in total. The normalized spacial score (nSPS) is 12.5. The van der Waals surface area contributed by atoms with Gasteiger partial charge >= 0.3 is 0 Å². The maximum absolute atomic E-state index is 5.69. The van der Waals surface area contributed by atoms with Crippen molar-refractivity contribution in [3.05, 3.63) is 6.29 Å². The molecule has 3 nitrogen and oxygen atoms in total. The van der Waals surface area contributed by atoms with Gasteiger partial charge in [-0.3, -0.25) is 0 Å². The van der Waals surface area contributed by atoms with E-state index in [0.29, 0.717) is 26.1 Å². The van der Waals surface area contributed by atoms with Gasteiger partial charge in [0, 0.05) is 13.2 Å². The fourth-order valence-corrected chi connectivity index (χ4v) is 1.59. The Bertz CT molecular complexity index is 123. The predicted molar refractivity (Wildman–Crippen MR) is 55.8 cm³/mol. The average Bonchev–Trinajstić information content (AvgIpc) is 1.98. The standard InChI is InChI=1S/C9H21O3Si/c1-6-10-8-9(11-7-2)12-13(3,4)5/h6-8H2,1-5H3. The summed E-state index contributed by atoms with van der Waals surface area (Å²) < 4.78 is 16.2. The maximum atomic E-state index is 5.69. The lowest BCUT2D eigenvalue weighted by Gasteiger charge is -2.24. The van der Waals surface area contributed by atoms with Crippen molar-refractivity contribution < 1.29 is 13.9 Å². The van der Waals surface area contributed by atoms with Crippen LogP contribution in [0.4, 0.5) is 0 Å². The molecule has 0 aromatic heterocycles. The van der Waals surface area contributed by atoms with Crippen molar-refractivity contribution in [2.24, 2.45) is 0 Å². The van der Waals surface area contributed by atoms with Crippen LogP contribution in [0.2, 0.25) is 19.6 Å². The Kier molecular flexibility index (Phi) is 6.58. The van der Waals surface area contributed by atoms with Crippen LogP contribution in [0.15, 0.2) is 0 Å². The van der Waals surface area contributed by atoms with Crippen LogP contribution in [0, 0.1) is 6.29 Å². The molecule has 0 amide bonds. The minimum Gasteiger partial charge on any atom is -0.385 e. The summed E-state index contributed by atoms with van der Waals surface area (Å²) in [6.07, 6.45) is 0.628. The maximum Gasteiger partial charge on any atom is 0.240 e. The highest BCUT2D eigenvalue weighted by Crippen LogP contribution is 2.14. The molecule has 0 bridgehead atoms. The summed E-state index contributed by atoms with van der Waals surface area (Å²) in [5.41, 5.74) is 0. The molecule has 4 heteroatoms. The largest absolute Gasteiger partial charge is 0.385 e. The fraction of sp³-hybridized carbons (Fsp3) is 0.889. The van der Waals surface area contributed by atoms with Crippen molar-refractivity contribution in [3.8, 4) is 0 Å². The summed E-state index contributed by atoms with van der Waals surface area (Å²) in [5, 5.41) is 0.